The van der Waals surface area contributed by atoms with Gasteiger partial charge in [0.05, 0.1) is 0 Å². The number of hydrogen-bond acceptors (Lipinski definition) is 3. The molecule has 2 aromatic carbocycles. The highest BCUT2D eigenvalue weighted by molar-refractivity contribution is 7.99. The topological polar surface area (TPSA) is 69.1 Å². The van der Waals surface area contributed by atoms with E-state index >= 15 is 0 Å². The lowest BCUT2D eigenvalue weighted by atomic mass is 9.92. The van der Waals surface area contributed by atoms with Crippen LogP contribution in [-0.2, 0) is 10.3 Å². The van der Waals surface area contributed by atoms with Crippen molar-refractivity contribution >= 4 is 17.7 Å². The van der Waals surface area contributed by atoms with E-state index in [0.29, 0.717) is 5.75 Å². The zero-order valence-corrected chi connectivity index (χ0v) is 13.1. The van der Waals surface area contributed by atoms with Crippen molar-refractivity contribution < 1.29 is 4.79 Å². The molecule has 1 amide bonds. The van der Waals surface area contributed by atoms with Gasteiger partial charge in [0.25, 0.3) is 0 Å². The van der Waals surface area contributed by atoms with E-state index in [1.54, 1.807) is 11.8 Å². The fourth-order valence-corrected chi connectivity index (χ4v) is 3.33. The summed E-state index contributed by atoms with van der Waals surface area (Å²) in [5.74, 6) is -0.0954. The lowest BCUT2D eigenvalue weighted by molar-refractivity contribution is -0.122. The van der Waals surface area contributed by atoms with Crippen LogP contribution < -0.4 is 11.5 Å². The smallest absolute Gasteiger partial charge is 0.243 e. The number of thioether (sulfide) groups is 1. The first-order valence-corrected chi connectivity index (χ1v) is 7.76. The number of aryl methyl sites for hydroxylation is 2. The SMILES string of the molecule is Cc1ccc(SCC(N)(C(N)=O)c2ccccc2)c(C)c1. The van der Waals surface area contributed by atoms with Crippen LogP contribution in [0.3, 0.4) is 0 Å². The summed E-state index contributed by atoms with van der Waals surface area (Å²) in [4.78, 5) is 13.0. The zero-order chi connectivity index (χ0) is 15.5. The Labute approximate surface area is 129 Å². The normalized spacial score (nSPS) is 13.7. The number of hydrogen-bond donors (Lipinski definition) is 2. The van der Waals surface area contributed by atoms with Gasteiger partial charge in [-0.25, -0.2) is 0 Å². The third-order valence-electron chi connectivity index (χ3n) is 3.51. The molecule has 0 aliphatic heterocycles. The van der Waals surface area contributed by atoms with Crippen LogP contribution in [0.4, 0.5) is 0 Å². The van der Waals surface area contributed by atoms with Crippen LogP contribution in [0.1, 0.15) is 16.7 Å². The minimum atomic E-state index is -1.16. The first-order valence-electron chi connectivity index (χ1n) is 6.78. The Balaban J connectivity index is 2.23. The fourth-order valence-electron chi connectivity index (χ4n) is 2.19. The highest BCUT2D eigenvalue weighted by Gasteiger charge is 2.34. The van der Waals surface area contributed by atoms with Gasteiger partial charge in [-0.05, 0) is 31.0 Å². The van der Waals surface area contributed by atoms with E-state index in [1.807, 2.05) is 30.3 Å². The molecule has 110 valence electrons. The van der Waals surface area contributed by atoms with Crippen LogP contribution in [-0.4, -0.2) is 11.7 Å². The summed E-state index contributed by atoms with van der Waals surface area (Å²) < 4.78 is 0. The van der Waals surface area contributed by atoms with Crippen molar-refractivity contribution in [1.82, 2.24) is 0 Å². The summed E-state index contributed by atoms with van der Waals surface area (Å²) in [6.07, 6.45) is 0. The van der Waals surface area contributed by atoms with Crippen LogP contribution in [0.2, 0.25) is 0 Å². The molecule has 0 saturated heterocycles. The molecule has 0 spiro atoms. The summed E-state index contributed by atoms with van der Waals surface area (Å²) in [6.45, 7) is 4.11. The van der Waals surface area contributed by atoms with Crippen molar-refractivity contribution in [3.8, 4) is 0 Å². The average molecular weight is 300 g/mol. The molecule has 0 aromatic heterocycles. The lowest BCUT2D eigenvalue weighted by Gasteiger charge is -2.26. The Morgan fingerprint density at radius 3 is 2.38 bits per heavy atom. The maximum atomic E-state index is 11.9. The zero-order valence-electron chi connectivity index (χ0n) is 12.3. The van der Waals surface area contributed by atoms with E-state index in [-0.39, 0.29) is 0 Å². The number of carbonyl (C=O) groups is 1. The molecule has 0 radical (unpaired) electrons. The van der Waals surface area contributed by atoms with Gasteiger partial charge in [-0.2, -0.15) is 0 Å². The molecule has 2 aromatic rings. The Bertz CT molecular complexity index is 642. The van der Waals surface area contributed by atoms with Gasteiger partial charge in [-0.15, -0.1) is 11.8 Å². The summed E-state index contributed by atoms with van der Waals surface area (Å²) in [5, 5.41) is 0. The van der Waals surface area contributed by atoms with E-state index in [0.717, 1.165) is 10.5 Å². The molecule has 0 saturated carbocycles. The molecule has 4 N–H and O–H groups in total. The number of carbonyl (C=O) groups excluding carboxylic acids is 1. The average Bonchev–Trinajstić information content (AvgIpc) is 2.46. The van der Waals surface area contributed by atoms with Gasteiger partial charge < -0.3 is 11.5 Å². The monoisotopic (exact) mass is 300 g/mol. The summed E-state index contributed by atoms with van der Waals surface area (Å²) in [7, 11) is 0. The van der Waals surface area contributed by atoms with E-state index in [4.69, 9.17) is 11.5 Å². The van der Waals surface area contributed by atoms with Crippen LogP contribution in [0.5, 0.6) is 0 Å². The molecule has 2 rings (SSSR count). The number of rotatable bonds is 5. The van der Waals surface area contributed by atoms with Gasteiger partial charge in [0.15, 0.2) is 0 Å². The highest BCUT2D eigenvalue weighted by atomic mass is 32.2. The Kier molecular flexibility index (Phi) is 4.70. The summed E-state index contributed by atoms with van der Waals surface area (Å²) in [6, 6.07) is 15.5. The molecule has 21 heavy (non-hydrogen) atoms. The highest BCUT2D eigenvalue weighted by Crippen LogP contribution is 2.30. The molecule has 0 aliphatic carbocycles. The maximum absolute atomic E-state index is 11.9. The van der Waals surface area contributed by atoms with Crippen LogP contribution in [0.15, 0.2) is 53.4 Å². The Morgan fingerprint density at radius 1 is 1.14 bits per heavy atom. The predicted octanol–water partition coefficient (Wildman–Crippen LogP) is 2.74. The molecule has 3 nitrogen and oxygen atoms in total. The molecule has 0 fully saturated rings. The fraction of sp³-hybridized carbons (Fsp3) is 0.235. The van der Waals surface area contributed by atoms with Crippen LogP contribution >= 0.6 is 11.8 Å². The molecular weight excluding hydrogens is 280 g/mol. The van der Waals surface area contributed by atoms with Crippen molar-refractivity contribution in [2.24, 2.45) is 11.5 Å². The minimum absolute atomic E-state index is 0.413. The second-order valence-corrected chi connectivity index (χ2v) is 6.28. The number of amides is 1. The third kappa shape index (κ3) is 3.46. The van der Waals surface area contributed by atoms with Crippen LogP contribution in [0, 0.1) is 13.8 Å². The van der Waals surface area contributed by atoms with Gasteiger partial charge in [-0.1, -0.05) is 48.0 Å². The quantitative estimate of drug-likeness (QED) is 0.834. The minimum Gasteiger partial charge on any atom is -0.368 e. The lowest BCUT2D eigenvalue weighted by Crippen LogP contribution is -2.51. The van der Waals surface area contributed by atoms with E-state index in [9.17, 15) is 4.79 Å². The Morgan fingerprint density at radius 2 is 1.81 bits per heavy atom. The Hall–Kier alpha value is -1.78. The number of primary amides is 1. The molecule has 4 heteroatoms. The van der Waals surface area contributed by atoms with Crippen molar-refractivity contribution in [2.75, 3.05) is 5.75 Å². The van der Waals surface area contributed by atoms with E-state index in [2.05, 4.69) is 32.0 Å². The molecule has 0 bridgehead atoms. The summed E-state index contributed by atoms with van der Waals surface area (Å²) >= 11 is 1.56. The van der Waals surface area contributed by atoms with Crippen LogP contribution in [0.25, 0.3) is 0 Å². The van der Waals surface area contributed by atoms with Crippen molar-refractivity contribution in [3.05, 3.63) is 65.2 Å². The molecule has 1 unspecified atom stereocenters. The standard InChI is InChI=1S/C17H20N2OS/c1-12-8-9-15(13(2)10-12)21-11-17(19,16(18)20)14-6-4-3-5-7-14/h3-10H,11,19H2,1-2H3,(H2,18,20). The van der Waals surface area contributed by atoms with Gasteiger partial charge in [-0.3, -0.25) is 4.79 Å². The molecular formula is C17H20N2OS. The largest absolute Gasteiger partial charge is 0.368 e. The molecule has 0 heterocycles. The first kappa shape index (κ1) is 15.6. The van der Waals surface area contributed by atoms with Gasteiger partial charge >= 0.3 is 0 Å². The predicted molar refractivity (Wildman–Crippen MR) is 88.1 cm³/mol. The number of nitrogens with two attached hydrogens (primary N) is 2. The maximum Gasteiger partial charge on any atom is 0.243 e. The van der Waals surface area contributed by atoms with Gasteiger partial charge in [0.1, 0.15) is 5.54 Å². The van der Waals surface area contributed by atoms with Gasteiger partial charge in [0.2, 0.25) is 5.91 Å². The second kappa shape index (κ2) is 6.33. The van der Waals surface area contributed by atoms with Gasteiger partial charge in [0, 0.05) is 10.6 Å². The second-order valence-electron chi connectivity index (χ2n) is 5.26. The first-order chi connectivity index (χ1) is 9.93. The summed E-state index contributed by atoms with van der Waals surface area (Å²) in [5.41, 5.74) is 13.8. The number of benzene rings is 2. The van der Waals surface area contributed by atoms with E-state index < -0.39 is 11.4 Å². The van der Waals surface area contributed by atoms with Crippen molar-refractivity contribution in [3.63, 3.8) is 0 Å². The van der Waals surface area contributed by atoms with E-state index in [1.165, 1.54) is 11.1 Å². The van der Waals surface area contributed by atoms with Crippen molar-refractivity contribution in [2.45, 2.75) is 24.3 Å². The molecule has 1 atom stereocenters. The molecule has 0 aliphatic rings. The van der Waals surface area contributed by atoms with Crippen molar-refractivity contribution in [1.29, 1.82) is 0 Å². The third-order valence-corrected chi connectivity index (χ3v) is 4.88.